The molecule has 1 amide bonds. The molecular formula is C25H23ClN4O5S. The summed E-state index contributed by atoms with van der Waals surface area (Å²) in [6.07, 6.45) is 0.817. The summed E-state index contributed by atoms with van der Waals surface area (Å²) in [4.78, 5) is 15.5. The van der Waals surface area contributed by atoms with E-state index in [0.29, 0.717) is 28.3 Å². The van der Waals surface area contributed by atoms with Crippen LogP contribution in [0.5, 0.6) is 11.6 Å². The van der Waals surface area contributed by atoms with Crippen molar-refractivity contribution >= 4 is 49.8 Å². The van der Waals surface area contributed by atoms with Crippen molar-refractivity contribution in [2.75, 3.05) is 17.5 Å². The van der Waals surface area contributed by atoms with Crippen molar-refractivity contribution in [3.05, 3.63) is 77.8 Å². The second-order valence-electron chi connectivity index (χ2n) is 7.77. The number of anilines is 1. The van der Waals surface area contributed by atoms with Crippen molar-refractivity contribution in [2.45, 2.75) is 18.2 Å². The van der Waals surface area contributed by atoms with Crippen LogP contribution in [0.2, 0.25) is 5.02 Å². The SMILES string of the molecule is CCCOc1ccc(S(=O)(=O)N(CC(=O)N=Nc2c(O)[nH]c3ccccc23)c2ccc(Cl)cc2)cc1. The number of fused-ring (bicyclic) bond motifs is 1. The van der Waals surface area contributed by atoms with Gasteiger partial charge in [0.2, 0.25) is 5.88 Å². The number of nitrogens with zero attached hydrogens (tertiary/aromatic N) is 3. The van der Waals surface area contributed by atoms with Crippen molar-refractivity contribution in [2.24, 2.45) is 10.2 Å². The third-order valence-electron chi connectivity index (χ3n) is 5.20. The highest BCUT2D eigenvalue weighted by Gasteiger charge is 2.27. The van der Waals surface area contributed by atoms with Crippen molar-refractivity contribution < 1.29 is 23.1 Å². The average Bonchev–Trinajstić information content (AvgIpc) is 3.20. The van der Waals surface area contributed by atoms with E-state index in [2.05, 4.69) is 15.2 Å². The Morgan fingerprint density at radius 3 is 2.44 bits per heavy atom. The average molecular weight is 527 g/mol. The van der Waals surface area contributed by atoms with Gasteiger partial charge in [-0.05, 0) is 61.0 Å². The number of halogens is 1. The number of amides is 1. The Labute approximate surface area is 213 Å². The summed E-state index contributed by atoms with van der Waals surface area (Å²) in [5, 5.41) is 18.7. The third-order valence-corrected chi connectivity index (χ3v) is 7.24. The summed E-state index contributed by atoms with van der Waals surface area (Å²) in [5.74, 6) is -0.543. The lowest BCUT2D eigenvalue weighted by Crippen LogP contribution is -2.35. The van der Waals surface area contributed by atoms with Crippen molar-refractivity contribution in [3.8, 4) is 11.6 Å². The maximum atomic E-state index is 13.5. The molecule has 0 aliphatic rings. The predicted octanol–water partition coefficient (Wildman–Crippen LogP) is 5.82. The van der Waals surface area contributed by atoms with Gasteiger partial charge >= 0.3 is 0 Å². The van der Waals surface area contributed by atoms with Crippen LogP contribution in [-0.4, -0.2) is 37.6 Å². The molecule has 0 radical (unpaired) electrons. The molecule has 1 heterocycles. The van der Waals surface area contributed by atoms with Crippen LogP contribution in [-0.2, 0) is 14.8 Å². The molecule has 0 saturated heterocycles. The maximum Gasteiger partial charge on any atom is 0.285 e. The molecule has 0 fully saturated rings. The topological polar surface area (TPSA) is 124 Å². The van der Waals surface area contributed by atoms with Crippen molar-refractivity contribution in [1.82, 2.24) is 4.98 Å². The minimum atomic E-state index is -4.16. The van der Waals surface area contributed by atoms with E-state index >= 15 is 0 Å². The molecule has 3 aromatic carbocycles. The monoisotopic (exact) mass is 526 g/mol. The molecule has 186 valence electrons. The lowest BCUT2D eigenvalue weighted by molar-refractivity contribution is -0.116. The highest BCUT2D eigenvalue weighted by molar-refractivity contribution is 7.92. The number of ether oxygens (including phenoxy) is 1. The minimum absolute atomic E-state index is 0.0275. The third kappa shape index (κ3) is 5.50. The number of sulfonamides is 1. The van der Waals surface area contributed by atoms with Gasteiger partial charge in [-0.15, -0.1) is 10.2 Å². The zero-order valence-corrected chi connectivity index (χ0v) is 20.8. The lowest BCUT2D eigenvalue weighted by Gasteiger charge is -2.23. The van der Waals surface area contributed by atoms with Gasteiger partial charge in [-0.2, -0.15) is 0 Å². The molecule has 0 bridgehead atoms. The molecule has 0 aliphatic carbocycles. The fraction of sp³-hybridized carbons (Fsp3) is 0.160. The van der Waals surface area contributed by atoms with Gasteiger partial charge in [0.15, 0.2) is 5.69 Å². The normalized spacial score (nSPS) is 11.7. The highest BCUT2D eigenvalue weighted by atomic mass is 35.5. The molecule has 4 rings (SSSR count). The number of nitrogens with one attached hydrogen (secondary N) is 1. The number of aromatic hydroxyl groups is 1. The fourth-order valence-electron chi connectivity index (χ4n) is 3.45. The summed E-state index contributed by atoms with van der Waals surface area (Å²) in [5.41, 5.74) is 0.930. The predicted molar refractivity (Wildman–Crippen MR) is 138 cm³/mol. The van der Waals surface area contributed by atoms with E-state index in [4.69, 9.17) is 16.3 Å². The number of para-hydroxylation sites is 1. The minimum Gasteiger partial charge on any atom is -0.494 e. The van der Waals surface area contributed by atoms with Crippen molar-refractivity contribution in [3.63, 3.8) is 0 Å². The van der Waals surface area contributed by atoms with Crippen LogP contribution >= 0.6 is 11.6 Å². The number of hydrogen-bond donors (Lipinski definition) is 2. The van der Waals surface area contributed by atoms with Gasteiger partial charge < -0.3 is 14.8 Å². The van der Waals surface area contributed by atoms with E-state index in [1.54, 1.807) is 36.4 Å². The standard InChI is InChI=1S/C25H23ClN4O5S/c1-2-15-35-19-11-13-20(14-12-19)36(33,34)30(18-9-7-17(26)8-10-18)16-23(31)28-29-24-21-5-3-4-6-22(21)27-25(24)32/h3-14,27,32H,2,15-16H2,1H3. The molecule has 4 aromatic rings. The van der Waals surface area contributed by atoms with E-state index in [9.17, 15) is 18.3 Å². The molecule has 0 atom stereocenters. The first-order valence-electron chi connectivity index (χ1n) is 11.0. The lowest BCUT2D eigenvalue weighted by atomic mass is 10.2. The van der Waals surface area contributed by atoms with E-state index in [0.717, 1.165) is 10.7 Å². The Morgan fingerprint density at radius 2 is 1.75 bits per heavy atom. The number of benzene rings is 3. The van der Waals surface area contributed by atoms with Crippen LogP contribution in [0.1, 0.15) is 13.3 Å². The molecular weight excluding hydrogens is 504 g/mol. The Morgan fingerprint density at radius 1 is 1.06 bits per heavy atom. The smallest absolute Gasteiger partial charge is 0.285 e. The number of rotatable bonds is 9. The van der Waals surface area contributed by atoms with Gasteiger partial charge in [-0.25, -0.2) is 8.42 Å². The van der Waals surface area contributed by atoms with E-state index in [1.807, 2.05) is 6.92 Å². The summed E-state index contributed by atoms with van der Waals surface area (Å²) < 4.78 is 33.5. The molecule has 9 nitrogen and oxygen atoms in total. The van der Waals surface area contributed by atoms with Crippen LogP contribution in [0.25, 0.3) is 10.9 Å². The number of H-pyrrole nitrogens is 1. The van der Waals surface area contributed by atoms with Crippen molar-refractivity contribution in [1.29, 1.82) is 0 Å². The second kappa shape index (κ2) is 10.8. The van der Waals surface area contributed by atoms with Crippen LogP contribution in [0, 0.1) is 0 Å². The van der Waals surface area contributed by atoms with Gasteiger partial charge in [0.25, 0.3) is 15.9 Å². The molecule has 0 unspecified atom stereocenters. The number of aromatic nitrogens is 1. The number of hydrogen-bond acceptors (Lipinski definition) is 6. The summed E-state index contributed by atoms with van der Waals surface area (Å²) in [6.45, 7) is 1.86. The number of carbonyl (C=O) groups is 1. The van der Waals surface area contributed by atoms with Crippen LogP contribution in [0.3, 0.4) is 0 Å². The van der Waals surface area contributed by atoms with Gasteiger partial charge in [-0.3, -0.25) is 9.10 Å². The maximum absolute atomic E-state index is 13.5. The number of azo groups is 1. The van der Waals surface area contributed by atoms with Crippen LogP contribution < -0.4 is 9.04 Å². The number of carbonyl (C=O) groups excluding carboxylic acids is 1. The van der Waals surface area contributed by atoms with Crippen LogP contribution in [0.4, 0.5) is 11.4 Å². The van der Waals surface area contributed by atoms with Crippen LogP contribution in [0.15, 0.2) is 87.9 Å². The van der Waals surface area contributed by atoms with Gasteiger partial charge in [0, 0.05) is 10.4 Å². The van der Waals surface area contributed by atoms with E-state index in [1.165, 1.54) is 36.4 Å². The first kappa shape index (κ1) is 25.2. The Hall–Kier alpha value is -3.89. The van der Waals surface area contributed by atoms with Gasteiger partial charge in [0.05, 0.1) is 22.7 Å². The quantitative estimate of drug-likeness (QED) is 0.266. The summed E-state index contributed by atoms with van der Waals surface area (Å²) >= 11 is 5.97. The zero-order chi connectivity index (χ0) is 25.7. The molecule has 2 N–H and O–H groups in total. The largest absolute Gasteiger partial charge is 0.494 e. The Kier molecular flexibility index (Phi) is 7.56. The highest BCUT2D eigenvalue weighted by Crippen LogP contribution is 2.35. The molecule has 0 saturated carbocycles. The Bertz CT molecular complexity index is 1500. The van der Waals surface area contributed by atoms with E-state index < -0.39 is 22.5 Å². The van der Waals surface area contributed by atoms with E-state index in [-0.39, 0.29) is 22.2 Å². The Balaban J connectivity index is 1.63. The first-order chi connectivity index (χ1) is 17.3. The molecule has 11 heteroatoms. The molecule has 0 aliphatic heterocycles. The zero-order valence-electron chi connectivity index (χ0n) is 19.3. The molecule has 0 spiro atoms. The van der Waals surface area contributed by atoms with Gasteiger partial charge in [0.1, 0.15) is 12.3 Å². The second-order valence-corrected chi connectivity index (χ2v) is 10.1. The number of aromatic amines is 1. The molecule has 36 heavy (non-hydrogen) atoms. The molecule has 1 aromatic heterocycles. The first-order valence-corrected chi connectivity index (χ1v) is 12.9. The summed E-state index contributed by atoms with van der Waals surface area (Å²) in [7, 11) is -4.16. The summed E-state index contributed by atoms with van der Waals surface area (Å²) in [6, 6.07) is 19.0. The fourth-order valence-corrected chi connectivity index (χ4v) is 4.99. The van der Waals surface area contributed by atoms with Gasteiger partial charge in [-0.1, -0.05) is 36.7 Å².